The number of rotatable bonds is 10. The lowest BCUT2D eigenvalue weighted by atomic mass is 10.0. The largest absolute Gasteiger partial charge is 0.497 e. The Morgan fingerprint density at radius 3 is 2.03 bits per heavy atom. The number of carbonyl (C=O) groups excluding carboxylic acids is 2. The van der Waals surface area contributed by atoms with E-state index in [2.05, 4.69) is 18.7 Å². The Hall–Kier alpha value is -4.12. The Morgan fingerprint density at radius 2 is 1.44 bits per heavy atom. The molecule has 0 aliphatic carbocycles. The lowest BCUT2D eigenvalue weighted by Gasteiger charge is -2.07. The highest BCUT2D eigenvalue weighted by Crippen LogP contribution is 2.23. The molecule has 0 N–H and O–H groups in total. The molecule has 174 valence electrons. The van der Waals surface area contributed by atoms with Crippen molar-refractivity contribution in [2.24, 2.45) is 0 Å². The molecule has 0 aliphatic rings. The van der Waals surface area contributed by atoms with Gasteiger partial charge in [0.2, 0.25) is 0 Å². The highest BCUT2D eigenvalue weighted by atomic mass is 16.5. The zero-order chi connectivity index (χ0) is 24.3. The summed E-state index contributed by atoms with van der Waals surface area (Å²) in [6.07, 6.45) is 4.67. The number of hydrogen-bond donors (Lipinski definition) is 0. The Kier molecular flexibility index (Phi) is 8.81. The minimum Gasteiger partial charge on any atom is -0.497 e. The van der Waals surface area contributed by atoms with Gasteiger partial charge in [-0.2, -0.15) is 0 Å². The maximum absolute atomic E-state index is 12.1. The Labute approximate surface area is 200 Å². The first kappa shape index (κ1) is 24.5. The van der Waals surface area contributed by atoms with Crippen LogP contribution < -0.4 is 9.47 Å². The van der Waals surface area contributed by atoms with Gasteiger partial charge in [-0.25, -0.2) is 9.59 Å². The van der Waals surface area contributed by atoms with Crippen LogP contribution in [-0.2, 0) is 20.7 Å². The van der Waals surface area contributed by atoms with Gasteiger partial charge in [0.15, 0.2) is 0 Å². The van der Waals surface area contributed by atoms with E-state index in [9.17, 15) is 9.59 Å². The number of methoxy groups -OCH3 is 1. The average Bonchev–Trinajstić information content (AvgIpc) is 2.86. The van der Waals surface area contributed by atoms with Crippen LogP contribution in [-0.4, -0.2) is 25.7 Å². The van der Waals surface area contributed by atoms with E-state index in [-0.39, 0.29) is 5.97 Å². The summed E-state index contributed by atoms with van der Waals surface area (Å²) in [5.74, 6) is 0.449. The molecule has 3 aromatic carbocycles. The number of carbonyl (C=O) groups is 2. The maximum Gasteiger partial charge on any atom is 0.336 e. The molecule has 3 rings (SSSR count). The second-order valence-corrected chi connectivity index (χ2v) is 7.77. The Balaban J connectivity index is 1.49. The molecule has 0 aromatic heterocycles. The van der Waals surface area contributed by atoms with Gasteiger partial charge in [0, 0.05) is 11.6 Å². The van der Waals surface area contributed by atoms with Crippen molar-refractivity contribution in [2.75, 3.05) is 13.7 Å². The number of ether oxygens (including phenoxy) is 3. The summed E-state index contributed by atoms with van der Waals surface area (Å²) in [6, 6.07) is 23.0. The zero-order valence-electron chi connectivity index (χ0n) is 19.5. The third-order valence-corrected chi connectivity index (χ3v) is 5.08. The monoisotopic (exact) mass is 456 g/mol. The summed E-state index contributed by atoms with van der Waals surface area (Å²) in [5, 5.41) is 0. The maximum atomic E-state index is 12.1. The van der Waals surface area contributed by atoms with Gasteiger partial charge in [0.1, 0.15) is 11.5 Å². The van der Waals surface area contributed by atoms with Gasteiger partial charge in [-0.3, -0.25) is 0 Å². The van der Waals surface area contributed by atoms with Gasteiger partial charge >= 0.3 is 11.9 Å². The topological polar surface area (TPSA) is 61.8 Å². The van der Waals surface area contributed by atoms with Crippen LogP contribution in [0.1, 0.15) is 24.5 Å². The number of hydrogen-bond acceptors (Lipinski definition) is 5. The number of esters is 2. The highest BCUT2D eigenvalue weighted by Gasteiger charge is 2.05. The van der Waals surface area contributed by atoms with E-state index in [1.807, 2.05) is 48.5 Å². The van der Waals surface area contributed by atoms with Crippen LogP contribution in [0.5, 0.6) is 11.5 Å². The van der Waals surface area contributed by atoms with E-state index in [0.717, 1.165) is 35.3 Å². The minimum atomic E-state index is -0.443. The highest BCUT2D eigenvalue weighted by molar-refractivity contribution is 5.89. The predicted molar refractivity (Wildman–Crippen MR) is 134 cm³/mol. The van der Waals surface area contributed by atoms with Gasteiger partial charge in [-0.1, -0.05) is 55.1 Å². The second kappa shape index (κ2) is 12.2. The summed E-state index contributed by atoms with van der Waals surface area (Å²) >= 11 is 0. The fraction of sp³-hybridized carbons (Fsp3) is 0.172. The first-order valence-corrected chi connectivity index (χ1v) is 11.0. The van der Waals surface area contributed by atoms with E-state index in [1.54, 1.807) is 32.2 Å². The molecule has 5 nitrogen and oxygen atoms in total. The Morgan fingerprint density at radius 1 is 0.853 bits per heavy atom. The van der Waals surface area contributed by atoms with Crippen molar-refractivity contribution in [3.63, 3.8) is 0 Å². The molecule has 34 heavy (non-hydrogen) atoms. The summed E-state index contributed by atoms with van der Waals surface area (Å²) in [7, 11) is 1.61. The lowest BCUT2D eigenvalue weighted by Crippen LogP contribution is -2.06. The zero-order valence-corrected chi connectivity index (χ0v) is 19.5. The molecule has 0 radical (unpaired) electrons. The molecule has 0 heterocycles. The van der Waals surface area contributed by atoms with Crippen LogP contribution in [0.15, 0.2) is 91.0 Å². The fourth-order valence-electron chi connectivity index (χ4n) is 3.17. The molecule has 0 bridgehead atoms. The van der Waals surface area contributed by atoms with Gasteiger partial charge in [0.25, 0.3) is 0 Å². The molecule has 0 saturated heterocycles. The van der Waals surface area contributed by atoms with Crippen LogP contribution in [0.25, 0.3) is 17.2 Å². The molecule has 0 fully saturated rings. The van der Waals surface area contributed by atoms with Crippen LogP contribution in [0.2, 0.25) is 0 Å². The van der Waals surface area contributed by atoms with E-state index in [4.69, 9.17) is 14.2 Å². The lowest BCUT2D eigenvalue weighted by molar-refractivity contribution is -0.139. The van der Waals surface area contributed by atoms with Crippen molar-refractivity contribution in [3.05, 3.63) is 102 Å². The second-order valence-electron chi connectivity index (χ2n) is 7.77. The molecular weight excluding hydrogens is 428 g/mol. The van der Waals surface area contributed by atoms with E-state index in [0.29, 0.717) is 17.9 Å². The van der Waals surface area contributed by atoms with Gasteiger partial charge < -0.3 is 14.2 Å². The third kappa shape index (κ3) is 7.48. The first-order chi connectivity index (χ1) is 16.4. The SMILES string of the molecule is C=C(C)C(=O)OCCCc1ccc(-c2ccc(OC(=O)/C=C/c3ccc(OC)cc3)cc2)cc1. The molecule has 0 unspecified atom stereocenters. The van der Waals surface area contributed by atoms with Crippen molar-refractivity contribution >= 4 is 18.0 Å². The summed E-state index contributed by atoms with van der Waals surface area (Å²) in [4.78, 5) is 23.5. The van der Waals surface area contributed by atoms with E-state index >= 15 is 0 Å². The van der Waals surface area contributed by atoms with Crippen molar-refractivity contribution in [1.82, 2.24) is 0 Å². The fourth-order valence-corrected chi connectivity index (χ4v) is 3.17. The normalized spacial score (nSPS) is 10.6. The average molecular weight is 457 g/mol. The molecule has 3 aromatic rings. The number of aryl methyl sites for hydroxylation is 1. The molecule has 0 aliphatic heterocycles. The Bertz CT molecular complexity index is 1140. The van der Waals surface area contributed by atoms with Gasteiger partial charge in [-0.15, -0.1) is 0 Å². The van der Waals surface area contributed by atoms with Crippen molar-refractivity contribution in [3.8, 4) is 22.6 Å². The van der Waals surface area contributed by atoms with Crippen LogP contribution in [0.4, 0.5) is 0 Å². The molecule has 0 atom stereocenters. The summed E-state index contributed by atoms with van der Waals surface area (Å²) in [6.45, 7) is 5.58. The number of benzene rings is 3. The predicted octanol–water partition coefficient (Wildman–Crippen LogP) is 6.03. The van der Waals surface area contributed by atoms with Crippen LogP contribution in [0, 0.1) is 0 Å². The van der Waals surface area contributed by atoms with E-state index < -0.39 is 5.97 Å². The van der Waals surface area contributed by atoms with Crippen molar-refractivity contribution in [1.29, 1.82) is 0 Å². The van der Waals surface area contributed by atoms with Crippen LogP contribution in [0.3, 0.4) is 0 Å². The molecule has 0 saturated carbocycles. The van der Waals surface area contributed by atoms with Crippen LogP contribution >= 0.6 is 0 Å². The molecular formula is C29H28O5. The van der Waals surface area contributed by atoms with Gasteiger partial charge in [-0.05, 0) is 72.4 Å². The summed E-state index contributed by atoms with van der Waals surface area (Å²) in [5.41, 5.74) is 4.55. The minimum absolute atomic E-state index is 0.349. The van der Waals surface area contributed by atoms with Crippen molar-refractivity contribution < 1.29 is 23.8 Å². The first-order valence-electron chi connectivity index (χ1n) is 11.0. The van der Waals surface area contributed by atoms with Gasteiger partial charge in [0.05, 0.1) is 13.7 Å². The third-order valence-electron chi connectivity index (χ3n) is 5.08. The van der Waals surface area contributed by atoms with Crippen molar-refractivity contribution in [2.45, 2.75) is 19.8 Å². The molecule has 0 amide bonds. The summed E-state index contributed by atoms with van der Waals surface area (Å²) < 4.78 is 15.6. The smallest absolute Gasteiger partial charge is 0.336 e. The quantitative estimate of drug-likeness (QED) is 0.161. The molecule has 5 heteroatoms. The standard InChI is InChI=1S/C29H28O5/c1-21(2)29(31)33-20-4-5-22-6-11-24(12-7-22)25-13-17-27(18-14-25)34-28(30)19-10-23-8-15-26(32-3)16-9-23/h6-19H,1,4-5,20H2,2-3H3/b19-10+. The molecule has 0 spiro atoms. The van der Waals surface area contributed by atoms with E-state index in [1.165, 1.54) is 11.6 Å².